The molecule has 2 rings (SSSR count). The predicted octanol–water partition coefficient (Wildman–Crippen LogP) is 2.06. The summed E-state index contributed by atoms with van der Waals surface area (Å²) in [6, 6.07) is 5.84. The minimum atomic E-state index is -0.634. The normalized spacial score (nSPS) is 17.9. The zero-order chi connectivity index (χ0) is 14.8. The molecule has 1 aliphatic heterocycles. The maximum atomic E-state index is 12.1. The van der Waals surface area contributed by atoms with Gasteiger partial charge in [0.15, 0.2) is 6.61 Å². The fourth-order valence-electron chi connectivity index (χ4n) is 2.35. The standard InChI is InChI=1S/C16H23NO3/c1-12-5-4-6-14(13(12)2)20-11-15(18)17-9-7-16(3,19)8-10-17/h4-6,19H,7-11H2,1-3H3. The van der Waals surface area contributed by atoms with Crippen LogP contribution < -0.4 is 4.74 Å². The summed E-state index contributed by atoms with van der Waals surface area (Å²) in [5, 5.41) is 9.88. The average Bonchev–Trinajstić information content (AvgIpc) is 2.40. The minimum Gasteiger partial charge on any atom is -0.483 e. The third-order valence-electron chi connectivity index (χ3n) is 4.10. The lowest BCUT2D eigenvalue weighted by molar-refractivity contribution is -0.137. The van der Waals surface area contributed by atoms with Gasteiger partial charge in [0.2, 0.25) is 0 Å². The van der Waals surface area contributed by atoms with Crippen molar-refractivity contribution in [1.82, 2.24) is 4.90 Å². The van der Waals surface area contributed by atoms with E-state index in [0.717, 1.165) is 16.9 Å². The van der Waals surface area contributed by atoms with E-state index < -0.39 is 5.60 Å². The highest BCUT2D eigenvalue weighted by molar-refractivity contribution is 5.78. The Morgan fingerprint density at radius 1 is 1.35 bits per heavy atom. The Morgan fingerprint density at radius 2 is 2.00 bits per heavy atom. The molecule has 1 amide bonds. The van der Waals surface area contributed by atoms with E-state index in [2.05, 4.69) is 0 Å². The van der Waals surface area contributed by atoms with Crippen molar-refractivity contribution in [2.75, 3.05) is 19.7 Å². The van der Waals surface area contributed by atoms with E-state index in [0.29, 0.717) is 25.9 Å². The van der Waals surface area contributed by atoms with Crippen LogP contribution in [0.3, 0.4) is 0 Å². The Morgan fingerprint density at radius 3 is 2.65 bits per heavy atom. The summed E-state index contributed by atoms with van der Waals surface area (Å²) in [6.07, 6.45) is 1.25. The van der Waals surface area contributed by atoms with Gasteiger partial charge in [0, 0.05) is 13.1 Å². The molecule has 0 aliphatic carbocycles. The second-order valence-electron chi connectivity index (χ2n) is 5.86. The summed E-state index contributed by atoms with van der Waals surface area (Å²) < 4.78 is 5.63. The third kappa shape index (κ3) is 3.51. The number of hydrogen-bond acceptors (Lipinski definition) is 3. The maximum absolute atomic E-state index is 12.1. The van der Waals surface area contributed by atoms with E-state index in [1.165, 1.54) is 0 Å². The largest absolute Gasteiger partial charge is 0.483 e. The molecule has 1 fully saturated rings. The highest BCUT2D eigenvalue weighted by atomic mass is 16.5. The van der Waals surface area contributed by atoms with E-state index in [4.69, 9.17) is 4.74 Å². The van der Waals surface area contributed by atoms with Crippen LogP contribution in [0.1, 0.15) is 30.9 Å². The molecule has 0 radical (unpaired) electrons. The van der Waals surface area contributed by atoms with Gasteiger partial charge in [0.1, 0.15) is 5.75 Å². The Bertz CT molecular complexity index is 486. The molecule has 1 aromatic rings. The van der Waals surface area contributed by atoms with Gasteiger partial charge in [-0.05, 0) is 50.8 Å². The number of aliphatic hydroxyl groups is 1. The number of aryl methyl sites for hydroxylation is 1. The molecular formula is C16H23NO3. The molecule has 0 unspecified atom stereocenters. The fourth-order valence-corrected chi connectivity index (χ4v) is 2.35. The number of hydrogen-bond donors (Lipinski definition) is 1. The molecule has 4 nitrogen and oxygen atoms in total. The Labute approximate surface area is 120 Å². The molecule has 1 N–H and O–H groups in total. The van der Waals surface area contributed by atoms with Crippen molar-refractivity contribution in [3.8, 4) is 5.75 Å². The van der Waals surface area contributed by atoms with Crippen molar-refractivity contribution >= 4 is 5.91 Å². The van der Waals surface area contributed by atoms with Gasteiger partial charge < -0.3 is 14.7 Å². The molecule has 20 heavy (non-hydrogen) atoms. The summed E-state index contributed by atoms with van der Waals surface area (Å²) in [5.74, 6) is 0.753. The SMILES string of the molecule is Cc1cccc(OCC(=O)N2CCC(C)(O)CC2)c1C. The maximum Gasteiger partial charge on any atom is 0.260 e. The number of nitrogens with zero attached hydrogens (tertiary/aromatic N) is 1. The number of likely N-dealkylation sites (tertiary alicyclic amines) is 1. The zero-order valence-corrected chi connectivity index (χ0v) is 12.5. The molecule has 0 bridgehead atoms. The third-order valence-corrected chi connectivity index (χ3v) is 4.10. The van der Waals surface area contributed by atoms with Crippen molar-refractivity contribution in [2.45, 2.75) is 39.2 Å². The second-order valence-corrected chi connectivity index (χ2v) is 5.86. The summed E-state index contributed by atoms with van der Waals surface area (Å²) in [6.45, 7) is 7.10. The first-order valence-electron chi connectivity index (χ1n) is 7.08. The van der Waals surface area contributed by atoms with Crippen LogP contribution in [-0.2, 0) is 4.79 Å². The molecule has 0 saturated carbocycles. The van der Waals surface area contributed by atoms with Gasteiger partial charge in [0.05, 0.1) is 5.60 Å². The van der Waals surface area contributed by atoms with Crippen molar-refractivity contribution < 1.29 is 14.6 Å². The van der Waals surface area contributed by atoms with E-state index >= 15 is 0 Å². The monoisotopic (exact) mass is 277 g/mol. The first-order valence-corrected chi connectivity index (χ1v) is 7.08. The van der Waals surface area contributed by atoms with Crippen molar-refractivity contribution in [3.63, 3.8) is 0 Å². The van der Waals surface area contributed by atoms with Gasteiger partial charge in [-0.15, -0.1) is 0 Å². The lowest BCUT2D eigenvalue weighted by Crippen LogP contribution is -2.46. The van der Waals surface area contributed by atoms with Gasteiger partial charge in [-0.2, -0.15) is 0 Å². The summed E-state index contributed by atoms with van der Waals surface area (Å²) in [4.78, 5) is 13.9. The number of rotatable bonds is 3. The number of amides is 1. The van der Waals surface area contributed by atoms with Gasteiger partial charge in [0.25, 0.3) is 5.91 Å². The molecular weight excluding hydrogens is 254 g/mol. The minimum absolute atomic E-state index is 0.0126. The highest BCUT2D eigenvalue weighted by Gasteiger charge is 2.29. The zero-order valence-electron chi connectivity index (χ0n) is 12.5. The van der Waals surface area contributed by atoms with Crippen molar-refractivity contribution in [2.24, 2.45) is 0 Å². The van der Waals surface area contributed by atoms with Crippen LogP contribution in [-0.4, -0.2) is 41.2 Å². The number of carbonyl (C=O) groups is 1. The van der Waals surface area contributed by atoms with E-state index in [1.807, 2.05) is 39.0 Å². The van der Waals surface area contributed by atoms with E-state index in [9.17, 15) is 9.90 Å². The topological polar surface area (TPSA) is 49.8 Å². The van der Waals surface area contributed by atoms with Crippen LogP contribution in [0, 0.1) is 13.8 Å². The van der Waals surface area contributed by atoms with Crippen molar-refractivity contribution in [3.05, 3.63) is 29.3 Å². The van der Waals surface area contributed by atoms with E-state index in [-0.39, 0.29) is 12.5 Å². The Hall–Kier alpha value is -1.55. The molecule has 0 atom stereocenters. The number of piperidine rings is 1. The smallest absolute Gasteiger partial charge is 0.260 e. The molecule has 0 aromatic heterocycles. The summed E-state index contributed by atoms with van der Waals surface area (Å²) in [7, 11) is 0. The summed E-state index contributed by atoms with van der Waals surface area (Å²) in [5.41, 5.74) is 1.59. The Balaban J connectivity index is 1.88. The number of benzene rings is 1. The van der Waals surface area contributed by atoms with Crippen LogP contribution in [0.4, 0.5) is 0 Å². The van der Waals surface area contributed by atoms with Gasteiger partial charge in [-0.25, -0.2) is 0 Å². The second kappa shape index (κ2) is 5.83. The van der Waals surface area contributed by atoms with Gasteiger partial charge in [-0.3, -0.25) is 4.79 Å². The van der Waals surface area contributed by atoms with Crippen LogP contribution in [0.2, 0.25) is 0 Å². The highest BCUT2D eigenvalue weighted by Crippen LogP contribution is 2.22. The van der Waals surface area contributed by atoms with Gasteiger partial charge in [-0.1, -0.05) is 12.1 Å². The lowest BCUT2D eigenvalue weighted by atomic mass is 9.94. The number of ether oxygens (including phenoxy) is 1. The van der Waals surface area contributed by atoms with Crippen LogP contribution in [0.25, 0.3) is 0 Å². The average molecular weight is 277 g/mol. The Kier molecular flexibility index (Phi) is 4.33. The van der Waals surface area contributed by atoms with Crippen LogP contribution >= 0.6 is 0 Å². The van der Waals surface area contributed by atoms with Gasteiger partial charge >= 0.3 is 0 Å². The quantitative estimate of drug-likeness (QED) is 0.920. The molecule has 1 heterocycles. The van der Waals surface area contributed by atoms with Crippen LogP contribution in [0.5, 0.6) is 5.75 Å². The fraction of sp³-hybridized carbons (Fsp3) is 0.562. The molecule has 0 spiro atoms. The number of carbonyl (C=O) groups excluding carboxylic acids is 1. The molecule has 1 aromatic carbocycles. The van der Waals surface area contributed by atoms with Crippen LogP contribution in [0.15, 0.2) is 18.2 Å². The molecule has 1 aliphatic rings. The van der Waals surface area contributed by atoms with E-state index in [1.54, 1.807) is 4.90 Å². The lowest BCUT2D eigenvalue weighted by Gasteiger charge is -2.35. The summed E-state index contributed by atoms with van der Waals surface area (Å²) >= 11 is 0. The predicted molar refractivity (Wildman–Crippen MR) is 77.8 cm³/mol. The molecule has 110 valence electrons. The first-order chi connectivity index (χ1) is 9.39. The molecule has 1 saturated heterocycles. The first kappa shape index (κ1) is 14.9. The van der Waals surface area contributed by atoms with Crippen molar-refractivity contribution in [1.29, 1.82) is 0 Å². The molecule has 4 heteroatoms.